The average Bonchev–Trinajstić information content (AvgIpc) is 2.43. The summed E-state index contributed by atoms with van der Waals surface area (Å²) in [5.41, 5.74) is 3.87. The van der Waals surface area contributed by atoms with Crippen molar-refractivity contribution in [1.29, 1.82) is 0 Å². The lowest BCUT2D eigenvalue weighted by Crippen LogP contribution is -2.47. The zero-order chi connectivity index (χ0) is 14.7. The molecule has 0 amide bonds. The minimum absolute atomic E-state index is 0.309. The van der Waals surface area contributed by atoms with Crippen LogP contribution in [0.1, 0.15) is 22.7 Å². The lowest BCUT2D eigenvalue weighted by molar-refractivity contribution is 0.218. The topological polar surface area (TPSA) is 24.5 Å². The number of thioether (sulfide) groups is 1. The Morgan fingerprint density at radius 1 is 1.40 bits per heavy atom. The van der Waals surface area contributed by atoms with Crippen molar-refractivity contribution >= 4 is 11.8 Å². The van der Waals surface area contributed by atoms with Crippen molar-refractivity contribution in [1.82, 2.24) is 10.2 Å². The molecule has 4 heteroatoms. The van der Waals surface area contributed by atoms with Crippen molar-refractivity contribution in [2.45, 2.75) is 25.9 Å². The third-order valence-corrected chi connectivity index (χ3v) is 5.21. The summed E-state index contributed by atoms with van der Waals surface area (Å²) in [6.45, 7) is 5.46. The number of aryl methyl sites for hydroxylation is 2. The molecule has 1 heterocycles. The van der Waals surface area contributed by atoms with Gasteiger partial charge in [-0.2, -0.15) is 11.8 Å². The van der Waals surface area contributed by atoms with Crippen LogP contribution >= 0.6 is 11.8 Å². The van der Waals surface area contributed by atoms with Gasteiger partial charge >= 0.3 is 0 Å². The van der Waals surface area contributed by atoms with Crippen molar-refractivity contribution in [2.75, 3.05) is 39.3 Å². The smallest absolute Gasteiger partial charge is 0.124 e. The van der Waals surface area contributed by atoms with Crippen molar-refractivity contribution in [3.63, 3.8) is 0 Å². The van der Waals surface area contributed by atoms with Crippen molar-refractivity contribution in [3.8, 4) is 5.75 Å². The van der Waals surface area contributed by atoms with Crippen LogP contribution in [0.2, 0.25) is 0 Å². The summed E-state index contributed by atoms with van der Waals surface area (Å²) in [5, 5.41) is 3.52. The number of nitrogens with zero attached hydrogens (tertiary/aromatic N) is 1. The maximum atomic E-state index is 5.65. The molecule has 2 unspecified atom stereocenters. The molecule has 1 aliphatic rings. The predicted molar refractivity (Wildman–Crippen MR) is 88.0 cm³/mol. The number of rotatable bonds is 4. The summed E-state index contributed by atoms with van der Waals surface area (Å²) >= 11 is 2.05. The maximum Gasteiger partial charge on any atom is 0.124 e. The van der Waals surface area contributed by atoms with Gasteiger partial charge in [-0.25, -0.2) is 0 Å². The van der Waals surface area contributed by atoms with Crippen LogP contribution in [0, 0.1) is 13.8 Å². The van der Waals surface area contributed by atoms with Crippen LogP contribution in [0.3, 0.4) is 0 Å². The summed E-state index contributed by atoms with van der Waals surface area (Å²) in [4.78, 5) is 2.47. The fourth-order valence-electron chi connectivity index (χ4n) is 3.09. The Balaban J connectivity index is 2.40. The summed E-state index contributed by atoms with van der Waals surface area (Å²) in [6.07, 6.45) is 0. The highest BCUT2D eigenvalue weighted by atomic mass is 32.2. The standard InChI is InChI=1S/C16H26N2OS/c1-11-8-12(2)15(14(9-11)19-5)16(17-3)13-10-20-7-6-18(13)4/h8-9,13,16-17H,6-7,10H2,1-5H3. The average molecular weight is 294 g/mol. The van der Waals surface area contributed by atoms with Crippen LogP contribution in [0.5, 0.6) is 5.75 Å². The molecule has 3 nitrogen and oxygen atoms in total. The zero-order valence-electron chi connectivity index (χ0n) is 13.2. The van der Waals surface area contributed by atoms with Crippen LogP contribution in [-0.4, -0.2) is 50.2 Å². The van der Waals surface area contributed by atoms with Gasteiger partial charge in [0.25, 0.3) is 0 Å². The molecule has 1 aliphatic heterocycles. The van der Waals surface area contributed by atoms with Crippen LogP contribution in [0.15, 0.2) is 12.1 Å². The summed E-state index contributed by atoms with van der Waals surface area (Å²) in [7, 11) is 6.05. The van der Waals surface area contributed by atoms with Gasteiger partial charge in [0, 0.05) is 29.7 Å². The number of ether oxygens (including phenoxy) is 1. The Morgan fingerprint density at radius 3 is 2.75 bits per heavy atom. The minimum Gasteiger partial charge on any atom is -0.496 e. The Bertz CT molecular complexity index is 464. The molecule has 2 rings (SSSR count). The molecule has 1 N–H and O–H groups in total. The van der Waals surface area contributed by atoms with Gasteiger partial charge in [0.05, 0.1) is 13.2 Å². The lowest BCUT2D eigenvalue weighted by atomic mass is 9.93. The molecule has 0 bridgehead atoms. The molecule has 1 aromatic rings. The predicted octanol–water partition coefficient (Wildman–Crippen LogP) is 2.62. The Labute approximate surface area is 127 Å². The minimum atomic E-state index is 0.309. The molecule has 0 saturated carbocycles. The number of likely N-dealkylation sites (N-methyl/N-ethyl adjacent to an activating group) is 2. The molecule has 112 valence electrons. The van der Waals surface area contributed by atoms with E-state index in [4.69, 9.17) is 4.74 Å². The zero-order valence-corrected chi connectivity index (χ0v) is 14.0. The third kappa shape index (κ3) is 3.13. The Morgan fingerprint density at radius 2 is 2.15 bits per heavy atom. The van der Waals surface area contributed by atoms with Crippen molar-refractivity contribution in [2.24, 2.45) is 0 Å². The molecule has 0 aliphatic carbocycles. The fourth-order valence-corrected chi connectivity index (χ4v) is 4.36. The number of methoxy groups -OCH3 is 1. The molecule has 2 atom stereocenters. The van der Waals surface area contributed by atoms with Crippen molar-refractivity contribution < 1.29 is 4.74 Å². The normalized spacial score (nSPS) is 21.8. The van der Waals surface area contributed by atoms with Crippen LogP contribution in [0.25, 0.3) is 0 Å². The molecule has 0 radical (unpaired) electrons. The van der Waals surface area contributed by atoms with E-state index in [0.717, 1.165) is 12.3 Å². The quantitative estimate of drug-likeness (QED) is 0.922. The SMILES string of the molecule is CNC(c1c(C)cc(C)cc1OC)C1CSCCN1C. The maximum absolute atomic E-state index is 5.65. The van der Waals surface area contributed by atoms with Crippen LogP contribution in [0.4, 0.5) is 0 Å². The molecule has 1 aromatic carbocycles. The number of hydrogen-bond donors (Lipinski definition) is 1. The number of nitrogens with one attached hydrogen (secondary N) is 1. The van der Waals surface area contributed by atoms with E-state index in [-0.39, 0.29) is 0 Å². The highest BCUT2D eigenvalue weighted by Gasteiger charge is 2.31. The van der Waals surface area contributed by atoms with Gasteiger partial charge in [-0.1, -0.05) is 6.07 Å². The summed E-state index contributed by atoms with van der Waals surface area (Å²) < 4.78 is 5.65. The van der Waals surface area contributed by atoms with Gasteiger partial charge in [0.15, 0.2) is 0 Å². The van der Waals surface area contributed by atoms with Gasteiger partial charge in [0.1, 0.15) is 5.75 Å². The van der Waals surface area contributed by atoms with E-state index in [1.165, 1.54) is 28.2 Å². The fraction of sp³-hybridized carbons (Fsp3) is 0.625. The van der Waals surface area contributed by atoms with Gasteiger partial charge in [-0.3, -0.25) is 4.90 Å². The van der Waals surface area contributed by atoms with E-state index in [1.54, 1.807) is 7.11 Å². The van der Waals surface area contributed by atoms with Gasteiger partial charge in [-0.15, -0.1) is 0 Å². The van der Waals surface area contributed by atoms with Gasteiger partial charge in [0.2, 0.25) is 0 Å². The van der Waals surface area contributed by atoms with E-state index in [1.807, 2.05) is 11.8 Å². The molecule has 1 saturated heterocycles. The second kappa shape index (κ2) is 6.83. The van der Waals surface area contributed by atoms with Gasteiger partial charge < -0.3 is 10.1 Å². The Hall–Kier alpha value is -0.710. The largest absolute Gasteiger partial charge is 0.496 e. The van der Waals surface area contributed by atoms with E-state index in [0.29, 0.717) is 12.1 Å². The second-order valence-corrected chi connectivity index (χ2v) is 6.74. The molecular weight excluding hydrogens is 268 g/mol. The van der Waals surface area contributed by atoms with Crippen LogP contribution in [-0.2, 0) is 0 Å². The number of benzene rings is 1. The molecule has 20 heavy (non-hydrogen) atoms. The van der Waals surface area contributed by atoms with E-state index in [2.05, 4.69) is 50.3 Å². The highest BCUT2D eigenvalue weighted by Crippen LogP contribution is 2.35. The van der Waals surface area contributed by atoms with Gasteiger partial charge in [-0.05, 0) is 45.1 Å². The van der Waals surface area contributed by atoms with Crippen LogP contribution < -0.4 is 10.1 Å². The molecule has 1 fully saturated rings. The Kier molecular flexibility index (Phi) is 5.35. The monoisotopic (exact) mass is 294 g/mol. The lowest BCUT2D eigenvalue weighted by Gasteiger charge is -2.38. The summed E-state index contributed by atoms with van der Waals surface area (Å²) in [6, 6.07) is 5.21. The second-order valence-electron chi connectivity index (χ2n) is 5.59. The first kappa shape index (κ1) is 15.7. The first-order valence-electron chi connectivity index (χ1n) is 7.18. The molecule has 0 spiro atoms. The molecular formula is C16H26N2OS. The van der Waals surface area contributed by atoms with E-state index in [9.17, 15) is 0 Å². The molecule has 0 aromatic heterocycles. The summed E-state index contributed by atoms with van der Waals surface area (Å²) in [5.74, 6) is 3.40. The van der Waals surface area contributed by atoms with E-state index < -0.39 is 0 Å². The van der Waals surface area contributed by atoms with Crippen molar-refractivity contribution in [3.05, 3.63) is 28.8 Å². The number of hydrogen-bond acceptors (Lipinski definition) is 4. The highest BCUT2D eigenvalue weighted by molar-refractivity contribution is 7.99. The van der Waals surface area contributed by atoms with E-state index >= 15 is 0 Å². The third-order valence-electron chi connectivity index (χ3n) is 4.16. The first-order chi connectivity index (χ1) is 9.58. The first-order valence-corrected chi connectivity index (χ1v) is 8.34.